The van der Waals surface area contributed by atoms with Crippen LogP contribution in [0.2, 0.25) is 0 Å². The van der Waals surface area contributed by atoms with Gasteiger partial charge in [0.2, 0.25) is 0 Å². The minimum atomic E-state index is -9.67. The lowest BCUT2D eigenvalue weighted by molar-refractivity contribution is 0.364. The molecule has 2 rings (SSSR count). The highest BCUT2D eigenvalue weighted by atomic mass is 32.5. The molecule has 1 nitrogen and oxygen atoms in total. The van der Waals surface area contributed by atoms with Crippen LogP contribution in [0, 0.1) is 11.2 Å². The molecule has 1 N–H and O–H groups in total. The van der Waals surface area contributed by atoms with Crippen LogP contribution in [0.4, 0.5) is 29.5 Å². The molecular weight excluding hydrogens is 388 g/mol. The summed E-state index contributed by atoms with van der Waals surface area (Å²) in [4.78, 5) is -1.93. The highest BCUT2D eigenvalue weighted by Gasteiger charge is 2.65. The number of anilines is 1. The van der Waals surface area contributed by atoms with Crippen LogP contribution in [0.25, 0.3) is 0 Å². The van der Waals surface area contributed by atoms with Crippen LogP contribution in [-0.2, 0) is 6.42 Å². The van der Waals surface area contributed by atoms with Gasteiger partial charge in [-0.05, 0) is 54.8 Å². The third-order valence-electron chi connectivity index (χ3n) is 4.36. The van der Waals surface area contributed by atoms with Gasteiger partial charge in [0.05, 0.1) is 0 Å². The normalized spacial score (nSPS) is 15.0. The van der Waals surface area contributed by atoms with E-state index in [2.05, 4.69) is 11.9 Å². The van der Waals surface area contributed by atoms with Gasteiger partial charge in [0, 0.05) is 16.8 Å². The van der Waals surface area contributed by atoms with Crippen LogP contribution in [0.5, 0.6) is 0 Å². The Morgan fingerprint density at radius 3 is 1.93 bits per heavy atom. The Balaban J connectivity index is 2.04. The Labute approximate surface area is 154 Å². The van der Waals surface area contributed by atoms with Crippen LogP contribution in [0.15, 0.2) is 65.7 Å². The Hall–Kier alpha value is -2.09. The molecule has 2 aromatic carbocycles. The molecule has 0 saturated heterocycles. The van der Waals surface area contributed by atoms with E-state index in [9.17, 15) is 23.8 Å². The van der Waals surface area contributed by atoms with E-state index in [1.165, 1.54) is 12.1 Å². The summed E-state index contributed by atoms with van der Waals surface area (Å²) in [5.74, 6) is -0.320. The fraction of sp³-hybridized carbons (Fsp3) is 0.263. The Morgan fingerprint density at radius 2 is 1.44 bits per heavy atom. The summed E-state index contributed by atoms with van der Waals surface area (Å²) >= 11 is 0. The van der Waals surface area contributed by atoms with Crippen molar-refractivity contribution in [2.75, 3.05) is 5.32 Å². The van der Waals surface area contributed by atoms with Crippen molar-refractivity contribution in [3.05, 3.63) is 72.2 Å². The maximum Gasteiger partial charge on any atom is 0.310 e. The molecule has 0 saturated carbocycles. The third kappa shape index (κ3) is 5.95. The van der Waals surface area contributed by atoms with Crippen LogP contribution in [-0.4, -0.2) is 0 Å². The van der Waals surface area contributed by atoms with Gasteiger partial charge in [-0.1, -0.05) is 52.0 Å². The molecule has 2 aromatic rings. The summed E-state index contributed by atoms with van der Waals surface area (Å²) < 4.78 is 76.7. The molecule has 0 aliphatic carbocycles. The molecule has 0 aliphatic rings. The first-order chi connectivity index (χ1) is 12.1. The second kappa shape index (κ2) is 6.22. The fourth-order valence-corrected chi connectivity index (χ4v) is 3.05. The van der Waals surface area contributed by atoms with E-state index in [1.54, 1.807) is 12.1 Å². The van der Waals surface area contributed by atoms with Crippen molar-refractivity contribution in [1.82, 2.24) is 0 Å². The molecule has 150 valence electrons. The summed E-state index contributed by atoms with van der Waals surface area (Å²) in [5.41, 5.74) is 1.27. The second-order valence-corrected chi connectivity index (χ2v) is 9.52. The van der Waals surface area contributed by atoms with Gasteiger partial charge in [0.1, 0.15) is 10.7 Å². The number of halogens is 6. The van der Waals surface area contributed by atoms with Crippen molar-refractivity contribution in [3.8, 4) is 0 Å². The number of allylic oxidation sites excluding steroid dienone is 1. The summed E-state index contributed by atoms with van der Waals surface area (Å²) in [6, 6.07) is 8.74. The first-order valence-corrected chi connectivity index (χ1v) is 10.1. The first kappa shape index (κ1) is 21.2. The minimum Gasteiger partial charge on any atom is -0.359 e. The molecule has 0 aliphatic heterocycles. The lowest BCUT2D eigenvalue weighted by Crippen LogP contribution is -2.20. The highest BCUT2D eigenvalue weighted by molar-refractivity contribution is 8.45. The zero-order valence-electron chi connectivity index (χ0n) is 14.9. The predicted molar refractivity (Wildman–Crippen MR) is 99.1 cm³/mol. The minimum absolute atomic E-state index is 0.237. The van der Waals surface area contributed by atoms with Gasteiger partial charge >= 0.3 is 10.2 Å². The van der Waals surface area contributed by atoms with Gasteiger partial charge in [0.15, 0.2) is 0 Å². The van der Waals surface area contributed by atoms with Crippen molar-refractivity contribution in [1.29, 1.82) is 0 Å². The second-order valence-electron chi connectivity index (χ2n) is 7.11. The average Bonchev–Trinajstić information content (AvgIpc) is 2.52. The average molecular weight is 409 g/mol. The third-order valence-corrected chi connectivity index (χ3v) is 5.53. The molecule has 0 amide bonds. The lowest BCUT2D eigenvalue weighted by Gasteiger charge is -2.40. The first-order valence-electron chi connectivity index (χ1n) is 8.12. The van der Waals surface area contributed by atoms with Crippen LogP contribution >= 0.6 is 10.2 Å². The smallest absolute Gasteiger partial charge is 0.310 e. The summed E-state index contributed by atoms with van der Waals surface area (Å²) in [6.07, 6.45) is 1.30. The topological polar surface area (TPSA) is 12.0 Å². The number of benzene rings is 2. The molecule has 0 fully saturated rings. The zero-order valence-corrected chi connectivity index (χ0v) is 15.7. The van der Waals surface area contributed by atoms with Crippen LogP contribution in [0.3, 0.4) is 0 Å². The molecular formula is C19H21F6NS. The van der Waals surface area contributed by atoms with Gasteiger partial charge in [-0.25, -0.2) is 4.39 Å². The van der Waals surface area contributed by atoms with Crippen molar-refractivity contribution in [2.24, 2.45) is 5.41 Å². The van der Waals surface area contributed by atoms with Crippen molar-refractivity contribution < 1.29 is 23.8 Å². The van der Waals surface area contributed by atoms with Gasteiger partial charge < -0.3 is 5.32 Å². The summed E-state index contributed by atoms with van der Waals surface area (Å²) in [6.45, 7) is 7.71. The SMILES string of the molecule is C=C(Nc1ccc(S(F)(F)(F)(F)F)cc1)C(C)(C)CCc1ccc(F)cc1. The van der Waals surface area contributed by atoms with E-state index in [4.69, 9.17) is 0 Å². The molecule has 0 atom stereocenters. The maximum atomic E-state index is 12.9. The van der Waals surface area contributed by atoms with Crippen molar-refractivity contribution >= 4 is 15.9 Å². The van der Waals surface area contributed by atoms with Gasteiger partial charge in [-0.15, -0.1) is 0 Å². The molecule has 0 spiro atoms. The lowest BCUT2D eigenvalue weighted by atomic mass is 9.83. The van der Waals surface area contributed by atoms with Crippen molar-refractivity contribution in [2.45, 2.75) is 31.6 Å². The number of rotatable bonds is 7. The monoisotopic (exact) mass is 409 g/mol. The number of hydrogen-bond donors (Lipinski definition) is 1. The Morgan fingerprint density at radius 1 is 0.926 bits per heavy atom. The summed E-state index contributed by atoms with van der Waals surface area (Å²) in [5, 5.41) is 2.88. The largest absolute Gasteiger partial charge is 0.359 e. The van der Waals surface area contributed by atoms with Crippen LogP contribution < -0.4 is 5.32 Å². The molecule has 8 heteroatoms. The summed E-state index contributed by atoms with van der Waals surface area (Å²) in [7, 11) is -9.67. The standard InChI is InChI=1S/C19H21F6NS/c1-14(19(2,3)13-12-15-4-6-16(20)7-5-15)26-17-8-10-18(11-9-17)27(21,22,23,24)25/h4-11,26H,1,12-13H2,2-3H3. The molecule has 27 heavy (non-hydrogen) atoms. The van der Waals surface area contributed by atoms with Gasteiger partial charge in [0.25, 0.3) is 0 Å². The maximum absolute atomic E-state index is 12.9. The fourth-order valence-electron chi connectivity index (χ4n) is 2.40. The van der Waals surface area contributed by atoms with Crippen LogP contribution in [0.1, 0.15) is 25.8 Å². The highest BCUT2D eigenvalue weighted by Crippen LogP contribution is 3.02. The van der Waals surface area contributed by atoms with E-state index < -0.39 is 20.5 Å². The quantitative estimate of drug-likeness (QED) is 0.456. The van der Waals surface area contributed by atoms with Gasteiger partial charge in [-0.2, -0.15) is 0 Å². The van der Waals surface area contributed by atoms with E-state index in [1.807, 2.05) is 13.8 Å². The van der Waals surface area contributed by atoms with Crippen molar-refractivity contribution in [3.63, 3.8) is 0 Å². The molecule has 0 heterocycles. The number of hydrogen-bond acceptors (Lipinski definition) is 1. The Kier molecular flexibility index (Phi) is 4.89. The molecule has 0 aromatic heterocycles. The van der Waals surface area contributed by atoms with E-state index in [-0.39, 0.29) is 11.5 Å². The number of nitrogens with one attached hydrogen (secondary N) is 1. The van der Waals surface area contributed by atoms with Gasteiger partial charge in [-0.3, -0.25) is 0 Å². The van der Waals surface area contributed by atoms with E-state index >= 15 is 0 Å². The molecule has 0 unspecified atom stereocenters. The number of aryl methyl sites for hydroxylation is 1. The van der Waals surface area contributed by atoms with E-state index in [0.717, 1.165) is 17.7 Å². The zero-order chi connectivity index (χ0) is 20.6. The molecule has 0 bridgehead atoms. The Bertz CT molecular complexity index is 824. The van der Waals surface area contributed by atoms with E-state index in [0.29, 0.717) is 30.7 Å². The molecule has 0 radical (unpaired) electrons. The predicted octanol–water partition coefficient (Wildman–Crippen LogP) is 8.07.